The van der Waals surface area contributed by atoms with E-state index in [0.717, 1.165) is 25.2 Å². The van der Waals surface area contributed by atoms with Crippen molar-refractivity contribution in [2.24, 2.45) is 12.8 Å². The fraction of sp³-hybridized carbons (Fsp3) is 0.727. The highest BCUT2D eigenvalue weighted by Gasteiger charge is 2.11. The molecule has 0 fully saturated rings. The summed E-state index contributed by atoms with van der Waals surface area (Å²) in [4.78, 5) is 2.31. The van der Waals surface area contributed by atoms with E-state index in [-0.39, 0.29) is 0 Å². The van der Waals surface area contributed by atoms with Gasteiger partial charge in [0.1, 0.15) is 0 Å². The zero-order valence-corrected chi connectivity index (χ0v) is 10.2. The molecule has 15 heavy (non-hydrogen) atoms. The standard InChI is InChI=1S/C11H22N4/c1-9-7-11(15(4)13-9)8-14(3)10(2)5-6-12/h7,10H,5-6,8,12H2,1-4H3. The minimum atomic E-state index is 0.519. The van der Waals surface area contributed by atoms with Crippen LogP contribution in [0.5, 0.6) is 0 Å². The molecule has 1 atom stereocenters. The molecule has 0 spiro atoms. The molecule has 0 bridgehead atoms. The molecule has 1 heterocycles. The summed E-state index contributed by atoms with van der Waals surface area (Å²) in [5.74, 6) is 0. The molecule has 0 aliphatic heterocycles. The third-order valence-electron chi connectivity index (χ3n) is 2.85. The van der Waals surface area contributed by atoms with E-state index in [2.05, 4.69) is 30.0 Å². The molecule has 0 saturated heterocycles. The van der Waals surface area contributed by atoms with Gasteiger partial charge in [-0.1, -0.05) is 0 Å². The van der Waals surface area contributed by atoms with Crippen LogP contribution < -0.4 is 5.73 Å². The van der Waals surface area contributed by atoms with E-state index in [1.165, 1.54) is 5.69 Å². The van der Waals surface area contributed by atoms with Crippen LogP contribution in [0.4, 0.5) is 0 Å². The Hall–Kier alpha value is -0.870. The summed E-state index contributed by atoms with van der Waals surface area (Å²) in [7, 11) is 4.12. The largest absolute Gasteiger partial charge is 0.330 e. The molecule has 1 aromatic heterocycles. The minimum absolute atomic E-state index is 0.519. The third kappa shape index (κ3) is 3.32. The van der Waals surface area contributed by atoms with Crippen molar-refractivity contribution >= 4 is 0 Å². The summed E-state index contributed by atoms with van der Waals surface area (Å²) in [6, 6.07) is 2.65. The Morgan fingerprint density at radius 3 is 2.73 bits per heavy atom. The second-order valence-electron chi connectivity index (χ2n) is 4.24. The molecule has 0 aliphatic rings. The average Bonchev–Trinajstić information content (AvgIpc) is 2.45. The zero-order chi connectivity index (χ0) is 11.4. The smallest absolute Gasteiger partial charge is 0.0597 e. The fourth-order valence-corrected chi connectivity index (χ4v) is 1.69. The van der Waals surface area contributed by atoms with Gasteiger partial charge >= 0.3 is 0 Å². The van der Waals surface area contributed by atoms with Crippen LogP contribution in [0.2, 0.25) is 0 Å². The van der Waals surface area contributed by atoms with Crippen molar-refractivity contribution in [1.29, 1.82) is 0 Å². The Kier molecular flexibility index (Phi) is 4.29. The normalized spacial score (nSPS) is 13.5. The Bertz CT molecular complexity index is 306. The molecule has 1 aromatic rings. The van der Waals surface area contributed by atoms with Gasteiger partial charge in [-0.05, 0) is 39.9 Å². The Balaban J connectivity index is 2.57. The summed E-state index contributed by atoms with van der Waals surface area (Å²) in [6.07, 6.45) is 1.04. The van der Waals surface area contributed by atoms with Gasteiger partial charge in [-0.3, -0.25) is 9.58 Å². The van der Waals surface area contributed by atoms with Gasteiger partial charge in [-0.2, -0.15) is 5.10 Å². The van der Waals surface area contributed by atoms with E-state index in [1.807, 2.05) is 18.7 Å². The van der Waals surface area contributed by atoms with Gasteiger partial charge in [-0.25, -0.2) is 0 Å². The first-order chi connectivity index (χ1) is 7.04. The molecule has 0 aromatic carbocycles. The SMILES string of the molecule is Cc1cc(CN(C)C(C)CCN)n(C)n1. The van der Waals surface area contributed by atoms with Gasteiger partial charge in [0, 0.05) is 19.6 Å². The molecule has 2 N–H and O–H groups in total. The molecule has 0 amide bonds. The third-order valence-corrected chi connectivity index (χ3v) is 2.85. The van der Waals surface area contributed by atoms with Crippen LogP contribution in [-0.2, 0) is 13.6 Å². The molecule has 0 aliphatic carbocycles. The van der Waals surface area contributed by atoms with Crippen LogP contribution in [0, 0.1) is 6.92 Å². The fourth-order valence-electron chi connectivity index (χ4n) is 1.69. The maximum absolute atomic E-state index is 5.55. The Morgan fingerprint density at radius 2 is 2.27 bits per heavy atom. The van der Waals surface area contributed by atoms with Gasteiger partial charge in [0.05, 0.1) is 11.4 Å². The van der Waals surface area contributed by atoms with Crippen LogP contribution >= 0.6 is 0 Å². The average molecular weight is 210 g/mol. The van der Waals surface area contributed by atoms with Gasteiger partial charge in [0.15, 0.2) is 0 Å². The minimum Gasteiger partial charge on any atom is -0.330 e. The lowest BCUT2D eigenvalue weighted by Crippen LogP contribution is -2.31. The lowest BCUT2D eigenvalue weighted by atomic mass is 10.2. The van der Waals surface area contributed by atoms with E-state index in [9.17, 15) is 0 Å². The second kappa shape index (κ2) is 5.28. The number of aryl methyl sites for hydroxylation is 2. The quantitative estimate of drug-likeness (QED) is 0.785. The molecular formula is C11H22N4. The predicted octanol–water partition coefficient (Wildman–Crippen LogP) is 0.898. The highest BCUT2D eigenvalue weighted by Crippen LogP contribution is 2.08. The highest BCUT2D eigenvalue weighted by molar-refractivity contribution is 5.08. The zero-order valence-electron chi connectivity index (χ0n) is 10.2. The highest BCUT2D eigenvalue weighted by atomic mass is 15.3. The van der Waals surface area contributed by atoms with Gasteiger partial charge < -0.3 is 5.73 Å². The number of nitrogens with zero attached hydrogens (tertiary/aromatic N) is 3. The lowest BCUT2D eigenvalue weighted by Gasteiger charge is -2.23. The molecule has 1 rings (SSSR count). The summed E-state index contributed by atoms with van der Waals surface area (Å²) in [5.41, 5.74) is 7.88. The first-order valence-electron chi connectivity index (χ1n) is 5.44. The number of rotatable bonds is 5. The first kappa shape index (κ1) is 12.2. The van der Waals surface area contributed by atoms with E-state index in [0.29, 0.717) is 6.04 Å². The van der Waals surface area contributed by atoms with Crippen molar-refractivity contribution in [3.8, 4) is 0 Å². The van der Waals surface area contributed by atoms with Crippen LogP contribution in [0.3, 0.4) is 0 Å². The lowest BCUT2D eigenvalue weighted by molar-refractivity contribution is 0.234. The second-order valence-corrected chi connectivity index (χ2v) is 4.24. The maximum atomic E-state index is 5.55. The van der Waals surface area contributed by atoms with Crippen LogP contribution in [0.25, 0.3) is 0 Å². The summed E-state index contributed by atoms with van der Waals surface area (Å²) in [5, 5.41) is 4.33. The van der Waals surface area contributed by atoms with Crippen molar-refractivity contribution in [3.05, 3.63) is 17.5 Å². The van der Waals surface area contributed by atoms with Gasteiger partial charge in [0.2, 0.25) is 0 Å². The first-order valence-corrected chi connectivity index (χ1v) is 5.44. The van der Waals surface area contributed by atoms with E-state index in [1.54, 1.807) is 0 Å². The Labute approximate surface area is 92.1 Å². The van der Waals surface area contributed by atoms with E-state index in [4.69, 9.17) is 5.73 Å². The van der Waals surface area contributed by atoms with Crippen molar-refractivity contribution < 1.29 is 0 Å². The molecule has 4 nitrogen and oxygen atoms in total. The molecule has 0 saturated carbocycles. The van der Waals surface area contributed by atoms with Crippen molar-refractivity contribution in [2.75, 3.05) is 13.6 Å². The van der Waals surface area contributed by atoms with Crippen LogP contribution in [0.15, 0.2) is 6.07 Å². The maximum Gasteiger partial charge on any atom is 0.0597 e. The van der Waals surface area contributed by atoms with Crippen molar-refractivity contribution in [1.82, 2.24) is 14.7 Å². The van der Waals surface area contributed by atoms with E-state index >= 15 is 0 Å². The van der Waals surface area contributed by atoms with Crippen LogP contribution in [0.1, 0.15) is 24.7 Å². The van der Waals surface area contributed by atoms with E-state index < -0.39 is 0 Å². The van der Waals surface area contributed by atoms with Crippen molar-refractivity contribution in [3.63, 3.8) is 0 Å². The topological polar surface area (TPSA) is 47.1 Å². The predicted molar refractivity (Wildman–Crippen MR) is 62.5 cm³/mol. The van der Waals surface area contributed by atoms with Gasteiger partial charge in [0.25, 0.3) is 0 Å². The van der Waals surface area contributed by atoms with Crippen LogP contribution in [-0.4, -0.2) is 34.3 Å². The summed E-state index contributed by atoms with van der Waals surface area (Å²) >= 11 is 0. The molecule has 0 radical (unpaired) electrons. The number of hydrogen-bond acceptors (Lipinski definition) is 3. The monoisotopic (exact) mass is 210 g/mol. The summed E-state index contributed by atoms with van der Waals surface area (Å²) < 4.78 is 1.95. The van der Waals surface area contributed by atoms with Gasteiger partial charge in [-0.15, -0.1) is 0 Å². The van der Waals surface area contributed by atoms with Crippen molar-refractivity contribution in [2.45, 2.75) is 32.9 Å². The molecule has 4 heteroatoms. The Morgan fingerprint density at radius 1 is 1.60 bits per heavy atom. The number of nitrogens with two attached hydrogens (primary N) is 1. The molecule has 86 valence electrons. The number of hydrogen-bond donors (Lipinski definition) is 1. The number of aromatic nitrogens is 2. The molecule has 1 unspecified atom stereocenters. The summed E-state index contributed by atoms with van der Waals surface area (Å²) in [6.45, 7) is 5.90. The molecular weight excluding hydrogens is 188 g/mol.